The van der Waals surface area contributed by atoms with Crippen molar-refractivity contribution in [1.29, 1.82) is 0 Å². The molecule has 0 aliphatic rings. The van der Waals surface area contributed by atoms with Crippen molar-refractivity contribution in [3.63, 3.8) is 0 Å². The van der Waals surface area contributed by atoms with Gasteiger partial charge in [0, 0.05) is 12.7 Å². The van der Waals surface area contributed by atoms with Gasteiger partial charge in [0.2, 0.25) is 5.91 Å². The second-order valence-corrected chi connectivity index (χ2v) is 8.42. The highest BCUT2D eigenvalue weighted by atomic mass is 32.2. The molecule has 5 nitrogen and oxygen atoms in total. The SMILES string of the molecule is Cn1c(SCC(=O)Nc2ccccc2C(C)(C)C)nnc1-c1ccccc1F. The standard InChI is InChI=1S/C21H23FN4OS/c1-21(2,3)15-10-6-8-12-17(15)23-18(27)13-28-20-25-24-19(26(20)4)14-9-5-7-11-16(14)22/h5-12H,13H2,1-4H3,(H,23,27). The van der Waals surface area contributed by atoms with Crippen molar-refractivity contribution in [2.45, 2.75) is 31.3 Å². The lowest BCUT2D eigenvalue weighted by atomic mass is 9.86. The molecule has 3 rings (SSSR count). The normalized spacial score (nSPS) is 11.5. The number of para-hydroxylation sites is 1. The Morgan fingerprint density at radius 1 is 1.11 bits per heavy atom. The van der Waals surface area contributed by atoms with Gasteiger partial charge in [-0.25, -0.2) is 4.39 Å². The van der Waals surface area contributed by atoms with E-state index in [2.05, 4.69) is 36.3 Å². The summed E-state index contributed by atoms with van der Waals surface area (Å²) < 4.78 is 15.7. The number of aromatic nitrogens is 3. The minimum absolute atomic E-state index is 0.0741. The number of halogens is 1. The topological polar surface area (TPSA) is 59.8 Å². The summed E-state index contributed by atoms with van der Waals surface area (Å²) in [5.41, 5.74) is 2.20. The molecule has 0 saturated carbocycles. The van der Waals surface area contributed by atoms with Crippen molar-refractivity contribution < 1.29 is 9.18 Å². The Labute approximate surface area is 168 Å². The molecule has 0 atom stereocenters. The van der Waals surface area contributed by atoms with Crippen LogP contribution in [0, 0.1) is 5.82 Å². The molecule has 0 radical (unpaired) electrons. The van der Waals surface area contributed by atoms with Crippen LogP contribution in [-0.4, -0.2) is 26.4 Å². The number of hydrogen-bond donors (Lipinski definition) is 1. The molecule has 1 heterocycles. The van der Waals surface area contributed by atoms with Crippen molar-refractivity contribution in [2.75, 3.05) is 11.1 Å². The summed E-state index contributed by atoms with van der Waals surface area (Å²) in [5, 5.41) is 11.7. The molecular weight excluding hydrogens is 375 g/mol. The molecule has 0 unspecified atom stereocenters. The van der Waals surface area contributed by atoms with Crippen molar-refractivity contribution in [2.24, 2.45) is 7.05 Å². The molecule has 1 aromatic heterocycles. The molecule has 7 heteroatoms. The van der Waals surface area contributed by atoms with Gasteiger partial charge in [-0.05, 0) is 29.2 Å². The Kier molecular flexibility index (Phi) is 5.84. The predicted molar refractivity (Wildman–Crippen MR) is 111 cm³/mol. The Bertz CT molecular complexity index is 994. The van der Waals surface area contributed by atoms with E-state index in [1.54, 1.807) is 29.8 Å². The lowest BCUT2D eigenvalue weighted by Gasteiger charge is -2.22. The minimum atomic E-state index is -0.355. The van der Waals surface area contributed by atoms with Gasteiger partial charge in [-0.2, -0.15) is 0 Å². The van der Waals surface area contributed by atoms with Gasteiger partial charge in [0.1, 0.15) is 5.82 Å². The van der Waals surface area contributed by atoms with Crippen LogP contribution in [-0.2, 0) is 17.3 Å². The number of nitrogens with one attached hydrogen (secondary N) is 1. The van der Waals surface area contributed by atoms with E-state index in [4.69, 9.17) is 0 Å². The molecule has 3 aromatic rings. The lowest BCUT2D eigenvalue weighted by molar-refractivity contribution is -0.113. The Hall–Kier alpha value is -2.67. The first-order valence-electron chi connectivity index (χ1n) is 8.94. The summed E-state index contributed by atoms with van der Waals surface area (Å²) in [4.78, 5) is 12.5. The summed E-state index contributed by atoms with van der Waals surface area (Å²) in [6.45, 7) is 6.32. The van der Waals surface area contributed by atoms with Gasteiger partial charge < -0.3 is 9.88 Å². The molecule has 28 heavy (non-hydrogen) atoms. The monoisotopic (exact) mass is 398 g/mol. The van der Waals surface area contributed by atoms with E-state index >= 15 is 0 Å². The third kappa shape index (κ3) is 4.42. The highest BCUT2D eigenvalue weighted by Gasteiger charge is 2.19. The van der Waals surface area contributed by atoms with Crippen LogP contribution in [0.1, 0.15) is 26.3 Å². The quantitative estimate of drug-likeness (QED) is 0.636. The molecule has 0 fully saturated rings. The fourth-order valence-electron chi connectivity index (χ4n) is 2.88. The van der Waals surface area contributed by atoms with Crippen molar-refractivity contribution >= 4 is 23.4 Å². The number of carbonyl (C=O) groups excluding carboxylic acids is 1. The second kappa shape index (κ2) is 8.14. The Morgan fingerprint density at radius 3 is 2.50 bits per heavy atom. The lowest BCUT2D eigenvalue weighted by Crippen LogP contribution is -2.20. The predicted octanol–water partition coefficient (Wildman–Crippen LogP) is 4.65. The fraction of sp³-hybridized carbons (Fsp3) is 0.286. The number of carbonyl (C=O) groups is 1. The van der Waals surface area contributed by atoms with E-state index in [0.717, 1.165) is 11.3 Å². The van der Waals surface area contributed by atoms with E-state index in [1.165, 1.54) is 17.8 Å². The number of rotatable bonds is 5. The average Bonchev–Trinajstić information content (AvgIpc) is 3.00. The average molecular weight is 399 g/mol. The number of nitrogens with zero attached hydrogens (tertiary/aromatic N) is 3. The first-order chi connectivity index (χ1) is 13.3. The van der Waals surface area contributed by atoms with Crippen LogP contribution in [0.4, 0.5) is 10.1 Å². The largest absolute Gasteiger partial charge is 0.325 e. The van der Waals surface area contributed by atoms with Gasteiger partial charge in [0.25, 0.3) is 0 Å². The molecule has 0 bridgehead atoms. The molecule has 0 aliphatic carbocycles. The molecule has 1 amide bonds. The van der Waals surface area contributed by atoms with E-state index in [1.807, 2.05) is 24.3 Å². The van der Waals surface area contributed by atoms with Crippen LogP contribution in [0.2, 0.25) is 0 Å². The van der Waals surface area contributed by atoms with Crippen LogP contribution >= 0.6 is 11.8 Å². The maximum absolute atomic E-state index is 14.0. The maximum Gasteiger partial charge on any atom is 0.234 e. The van der Waals surface area contributed by atoms with E-state index < -0.39 is 0 Å². The zero-order valence-electron chi connectivity index (χ0n) is 16.4. The van der Waals surface area contributed by atoms with Crippen LogP contribution < -0.4 is 5.32 Å². The van der Waals surface area contributed by atoms with Gasteiger partial charge >= 0.3 is 0 Å². The van der Waals surface area contributed by atoms with Crippen LogP contribution in [0.3, 0.4) is 0 Å². The van der Waals surface area contributed by atoms with Crippen LogP contribution in [0.25, 0.3) is 11.4 Å². The molecule has 2 aromatic carbocycles. The van der Waals surface area contributed by atoms with Gasteiger partial charge in [0.05, 0.1) is 11.3 Å². The van der Waals surface area contributed by atoms with Gasteiger partial charge in [-0.15, -0.1) is 10.2 Å². The zero-order valence-corrected chi connectivity index (χ0v) is 17.2. The highest BCUT2D eigenvalue weighted by Crippen LogP contribution is 2.30. The van der Waals surface area contributed by atoms with E-state index in [0.29, 0.717) is 16.5 Å². The molecular formula is C21H23FN4OS. The number of anilines is 1. The summed E-state index contributed by atoms with van der Waals surface area (Å²) in [6, 6.07) is 14.2. The molecule has 146 valence electrons. The van der Waals surface area contributed by atoms with Gasteiger partial charge in [-0.1, -0.05) is 62.9 Å². The third-order valence-electron chi connectivity index (χ3n) is 4.29. The number of benzene rings is 2. The highest BCUT2D eigenvalue weighted by molar-refractivity contribution is 7.99. The van der Waals surface area contributed by atoms with Gasteiger partial charge in [-0.3, -0.25) is 4.79 Å². The first kappa shape index (κ1) is 20.1. The first-order valence-corrected chi connectivity index (χ1v) is 9.92. The van der Waals surface area contributed by atoms with E-state index in [9.17, 15) is 9.18 Å². The molecule has 0 spiro atoms. The molecule has 0 saturated heterocycles. The molecule has 1 N–H and O–H groups in total. The van der Waals surface area contributed by atoms with Crippen molar-refractivity contribution in [3.05, 3.63) is 59.9 Å². The number of amides is 1. The van der Waals surface area contributed by atoms with E-state index in [-0.39, 0.29) is 22.9 Å². The van der Waals surface area contributed by atoms with Crippen LogP contribution in [0.15, 0.2) is 53.7 Å². The third-order valence-corrected chi connectivity index (χ3v) is 5.31. The molecule has 0 aliphatic heterocycles. The van der Waals surface area contributed by atoms with Crippen molar-refractivity contribution in [1.82, 2.24) is 14.8 Å². The number of hydrogen-bond acceptors (Lipinski definition) is 4. The fourth-order valence-corrected chi connectivity index (χ4v) is 3.59. The summed E-state index contributed by atoms with van der Waals surface area (Å²) >= 11 is 1.26. The van der Waals surface area contributed by atoms with Crippen molar-refractivity contribution in [3.8, 4) is 11.4 Å². The second-order valence-electron chi connectivity index (χ2n) is 7.48. The summed E-state index contributed by atoms with van der Waals surface area (Å²) in [6.07, 6.45) is 0. The Balaban J connectivity index is 1.69. The summed E-state index contributed by atoms with van der Waals surface area (Å²) in [5.74, 6) is 0.129. The van der Waals surface area contributed by atoms with Crippen LogP contribution in [0.5, 0.6) is 0 Å². The summed E-state index contributed by atoms with van der Waals surface area (Å²) in [7, 11) is 1.76. The maximum atomic E-state index is 14.0. The smallest absolute Gasteiger partial charge is 0.234 e. The minimum Gasteiger partial charge on any atom is -0.325 e. The van der Waals surface area contributed by atoms with Gasteiger partial charge in [0.15, 0.2) is 11.0 Å². The number of thioether (sulfide) groups is 1. The zero-order chi connectivity index (χ0) is 20.3. The Morgan fingerprint density at radius 2 is 1.79 bits per heavy atom.